The minimum atomic E-state index is -0.388. The number of carbonyl (C=O) groups excluding carboxylic acids is 1. The molecule has 0 heterocycles. The SMILES string of the molecule is CCC1(CNc2cc(C)c(N)c(C(=O)OC)c2)CC1. The molecule has 1 fully saturated rings. The van der Waals surface area contributed by atoms with Crippen molar-refractivity contribution in [2.24, 2.45) is 5.41 Å². The van der Waals surface area contributed by atoms with Gasteiger partial charge in [0, 0.05) is 17.9 Å². The predicted octanol–water partition coefficient (Wildman–Crippen LogP) is 2.97. The van der Waals surface area contributed by atoms with Gasteiger partial charge in [-0.05, 0) is 49.3 Å². The first kappa shape index (κ1) is 13.7. The van der Waals surface area contributed by atoms with Crippen molar-refractivity contribution in [2.45, 2.75) is 33.1 Å². The molecule has 1 aliphatic carbocycles. The van der Waals surface area contributed by atoms with Crippen molar-refractivity contribution in [1.82, 2.24) is 0 Å². The monoisotopic (exact) mass is 262 g/mol. The van der Waals surface area contributed by atoms with Gasteiger partial charge in [0.05, 0.1) is 12.7 Å². The molecule has 0 bridgehead atoms. The number of rotatable bonds is 5. The lowest BCUT2D eigenvalue weighted by atomic mass is 10.0. The molecule has 4 nitrogen and oxygen atoms in total. The first-order valence-corrected chi connectivity index (χ1v) is 6.73. The van der Waals surface area contributed by atoms with Crippen LogP contribution in [0.2, 0.25) is 0 Å². The zero-order chi connectivity index (χ0) is 14.0. The normalized spacial score (nSPS) is 15.9. The number of methoxy groups -OCH3 is 1. The third-order valence-electron chi connectivity index (χ3n) is 4.17. The molecule has 19 heavy (non-hydrogen) atoms. The zero-order valence-electron chi connectivity index (χ0n) is 11.9. The average Bonchev–Trinajstić information content (AvgIpc) is 3.19. The van der Waals surface area contributed by atoms with Crippen LogP contribution in [0.3, 0.4) is 0 Å². The number of aryl methyl sites for hydroxylation is 1. The number of esters is 1. The molecule has 0 radical (unpaired) electrons. The smallest absolute Gasteiger partial charge is 0.340 e. The second-order valence-electron chi connectivity index (χ2n) is 5.45. The Morgan fingerprint density at radius 1 is 1.47 bits per heavy atom. The van der Waals surface area contributed by atoms with Crippen molar-refractivity contribution in [3.05, 3.63) is 23.3 Å². The molecule has 1 aromatic carbocycles. The van der Waals surface area contributed by atoms with Crippen LogP contribution in [0.5, 0.6) is 0 Å². The lowest BCUT2D eigenvalue weighted by Gasteiger charge is -2.16. The molecule has 1 aliphatic rings. The fourth-order valence-corrected chi connectivity index (χ4v) is 2.30. The van der Waals surface area contributed by atoms with E-state index in [0.29, 0.717) is 16.7 Å². The van der Waals surface area contributed by atoms with Crippen LogP contribution in [0.15, 0.2) is 12.1 Å². The molecule has 104 valence electrons. The number of hydrogen-bond donors (Lipinski definition) is 2. The van der Waals surface area contributed by atoms with Gasteiger partial charge in [-0.2, -0.15) is 0 Å². The third kappa shape index (κ3) is 2.83. The van der Waals surface area contributed by atoms with Gasteiger partial charge >= 0.3 is 5.97 Å². The van der Waals surface area contributed by atoms with Crippen LogP contribution in [0, 0.1) is 12.3 Å². The Bertz CT molecular complexity index is 493. The van der Waals surface area contributed by atoms with Crippen LogP contribution in [0.1, 0.15) is 42.1 Å². The standard InChI is InChI=1S/C15H22N2O2/c1-4-15(5-6-15)9-17-11-7-10(2)13(16)12(8-11)14(18)19-3/h7-8,17H,4-6,9,16H2,1-3H3. The molecule has 0 unspecified atom stereocenters. The zero-order valence-corrected chi connectivity index (χ0v) is 11.9. The number of nitrogens with one attached hydrogen (secondary N) is 1. The van der Waals surface area contributed by atoms with E-state index < -0.39 is 0 Å². The van der Waals surface area contributed by atoms with Gasteiger partial charge in [0.15, 0.2) is 0 Å². The number of nitrogens with two attached hydrogens (primary N) is 1. The molecule has 0 saturated heterocycles. The Hall–Kier alpha value is -1.71. The molecule has 0 amide bonds. The number of anilines is 2. The second-order valence-corrected chi connectivity index (χ2v) is 5.45. The van der Waals surface area contributed by atoms with Crippen molar-refractivity contribution >= 4 is 17.3 Å². The van der Waals surface area contributed by atoms with Crippen molar-refractivity contribution in [1.29, 1.82) is 0 Å². The molecule has 2 rings (SSSR count). The summed E-state index contributed by atoms with van der Waals surface area (Å²) in [6, 6.07) is 3.76. The Balaban J connectivity index is 2.17. The summed E-state index contributed by atoms with van der Waals surface area (Å²) in [7, 11) is 1.37. The summed E-state index contributed by atoms with van der Waals surface area (Å²) in [6.07, 6.45) is 3.76. The first-order valence-electron chi connectivity index (χ1n) is 6.73. The maximum atomic E-state index is 11.7. The van der Waals surface area contributed by atoms with Gasteiger partial charge in [-0.15, -0.1) is 0 Å². The van der Waals surface area contributed by atoms with Crippen molar-refractivity contribution in [3.8, 4) is 0 Å². The third-order valence-corrected chi connectivity index (χ3v) is 4.17. The van der Waals surface area contributed by atoms with E-state index in [4.69, 9.17) is 10.5 Å². The molecule has 0 atom stereocenters. The van der Waals surface area contributed by atoms with Crippen LogP contribution >= 0.6 is 0 Å². The fraction of sp³-hybridized carbons (Fsp3) is 0.533. The summed E-state index contributed by atoms with van der Waals surface area (Å²) in [5, 5.41) is 3.42. The van der Waals surface area contributed by atoms with Gasteiger partial charge in [-0.1, -0.05) is 6.92 Å². The highest BCUT2D eigenvalue weighted by Gasteiger charge is 2.40. The Morgan fingerprint density at radius 2 is 2.16 bits per heavy atom. The Kier molecular flexibility index (Phi) is 3.69. The van der Waals surface area contributed by atoms with Gasteiger partial charge in [-0.3, -0.25) is 0 Å². The van der Waals surface area contributed by atoms with E-state index in [1.165, 1.54) is 26.4 Å². The largest absolute Gasteiger partial charge is 0.465 e. The van der Waals surface area contributed by atoms with E-state index in [1.54, 1.807) is 6.07 Å². The van der Waals surface area contributed by atoms with E-state index in [9.17, 15) is 4.79 Å². The highest BCUT2D eigenvalue weighted by Crippen LogP contribution is 2.48. The van der Waals surface area contributed by atoms with Crippen molar-refractivity contribution in [2.75, 3.05) is 24.7 Å². The molecule has 0 aliphatic heterocycles. The molecule has 4 heteroatoms. The lowest BCUT2D eigenvalue weighted by Crippen LogP contribution is -2.15. The Morgan fingerprint density at radius 3 is 2.68 bits per heavy atom. The quantitative estimate of drug-likeness (QED) is 0.632. The molecule has 3 N–H and O–H groups in total. The summed E-state index contributed by atoms with van der Waals surface area (Å²) >= 11 is 0. The molecule has 0 spiro atoms. The van der Waals surface area contributed by atoms with Crippen molar-refractivity contribution < 1.29 is 9.53 Å². The van der Waals surface area contributed by atoms with Gasteiger partial charge in [-0.25, -0.2) is 4.79 Å². The van der Waals surface area contributed by atoms with Gasteiger partial charge < -0.3 is 15.8 Å². The van der Waals surface area contributed by atoms with E-state index in [0.717, 1.165) is 17.8 Å². The van der Waals surface area contributed by atoms with E-state index in [-0.39, 0.29) is 5.97 Å². The van der Waals surface area contributed by atoms with Gasteiger partial charge in [0.1, 0.15) is 0 Å². The first-order chi connectivity index (χ1) is 9.01. The summed E-state index contributed by atoms with van der Waals surface area (Å²) in [6.45, 7) is 5.08. The highest BCUT2D eigenvalue weighted by atomic mass is 16.5. The molecule has 1 aromatic rings. The number of benzene rings is 1. The minimum Gasteiger partial charge on any atom is -0.465 e. The van der Waals surface area contributed by atoms with E-state index >= 15 is 0 Å². The van der Waals surface area contributed by atoms with Crippen LogP contribution in [-0.2, 0) is 4.74 Å². The van der Waals surface area contributed by atoms with Gasteiger partial charge in [0.2, 0.25) is 0 Å². The molecular formula is C15H22N2O2. The number of hydrogen-bond acceptors (Lipinski definition) is 4. The lowest BCUT2D eigenvalue weighted by molar-refractivity contribution is 0.0602. The summed E-state index contributed by atoms with van der Waals surface area (Å²) < 4.78 is 4.76. The minimum absolute atomic E-state index is 0.388. The molecular weight excluding hydrogens is 240 g/mol. The van der Waals surface area contributed by atoms with Crippen LogP contribution < -0.4 is 11.1 Å². The topological polar surface area (TPSA) is 64.3 Å². The van der Waals surface area contributed by atoms with Crippen LogP contribution in [-0.4, -0.2) is 19.6 Å². The number of nitrogen functional groups attached to an aromatic ring is 1. The van der Waals surface area contributed by atoms with Crippen LogP contribution in [0.25, 0.3) is 0 Å². The summed E-state index contributed by atoms with van der Waals surface area (Å²) in [5.41, 5.74) is 9.14. The summed E-state index contributed by atoms with van der Waals surface area (Å²) in [5.74, 6) is -0.388. The molecule has 0 aromatic heterocycles. The van der Waals surface area contributed by atoms with Crippen molar-refractivity contribution in [3.63, 3.8) is 0 Å². The number of carbonyl (C=O) groups is 1. The van der Waals surface area contributed by atoms with E-state index in [2.05, 4.69) is 12.2 Å². The van der Waals surface area contributed by atoms with E-state index in [1.807, 2.05) is 13.0 Å². The predicted molar refractivity (Wildman–Crippen MR) is 77.4 cm³/mol. The Labute approximate surface area is 114 Å². The maximum absolute atomic E-state index is 11.7. The van der Waals surface area contributed by atoms with Crippen LogP contribution in [0.4, 0.5) is 11.4 Å². The number of ether oxygens (including phenoxy) is 1. The summed E-state index contributed by atoms with van der Waals surface area (Å²) in [4.78, 5) is 11.7. The average molecular weight is 262 g/mol. The second kappa shape index (κ2) is 5.11. The van der Waals surface area contributed by atoms with Gasteiger partial charge in [0.25, 0.3) is 0 Å². The molecule has 1 saturated carbocycles. The fourth-order valence-electron chi connectivity index (χ4n) is 2.30. The highest BCUT2D eigenvalue weighted by molar-refractivity contribution is 5.97. The maximum Gasteiger partial charge on any atom is 0.340 e.